The fourth-order valence-electron chi connectivity index (χ4n) is 1.88. The number of nitrogens with zero attached hydrogens (tertiary/aromatic N) is 2. The van der Waals surface area contributed by atoms with Crippen LogP contribution in [0.5, 0.6) is 5.75 Å². The number of hydrogen-bond acceptors (Lipinski definition) is 7. The van der Waals surface area contributed by atoms with Crippen LogP contribution in [0.15, 0.2) is 29.6 Å². The van der Waals surface area contributed by atoms with Crippen LogP contribution in [-0.2, 0) is 20.7 Å². The number of thiazole rings is 1. The van der Waals surface area contributed by atoms with E-state index in [1.807, 2.05) is 6.07 Å². The molecule has 0 saturated heterocycles. The number of carbonyl (C=O) groups excluding carboxylic acids is 2. The van der Waals surface area contributed by atoms with Gasteiger partial charge in [0.2, 0.25) is 0 Å². The second-order valence-electron chi connectivity index (χ2n) is 5.01. The minimum absolute atomic E-state index is 0.0670. The molecule has 1 N–H and O–H groups in total. The molecule has 1 heterocycles. The molecule has 8 heteroatoms. The molecule has 2 aromatic rings. The lowest BCUT2D eigenvalue weighted by Crippen LogP contribution is -2.30. The van der Waals surface area contributed by atoms with Gasteiger partial charge in [0.15, 0.2) is 11.2 Å². The molecular formula is C17H17N3O4S. The maximum Gasteiger partial charge on any atom is 0.311 e. The smallest absolute Gasteiger partial charge is 0.311 e. The number of ether oxygens (including phenoxy) is 2. The number of amides is 1. The molecule has 0 aliphatic heterocycles. The molecule has 1 aromatic heterocycles. The van der Waals surface area contributed by atoms with E-state index in [1.54, 1.807) is 43.5 Å². The molecule has 25 heavy (non-hydrogen) atoms. The van der Waals surface area contributed by atoms with Crippen LogP contribution in [0, 0.1) is 11.3 Å². The molecule has 0 spiro atoms. The number of benzene rings is 1. The molecular weight excluding hydrogens is 342 g/mol. The summed E-state index contributed by atoms with van der Waals surface area (Å²) < 4.78 is 10.4. The van der Waals surface area contributed by atoms with Gasteiger partial charge < -0.3 is 9.47 Å². The summed E-state index contributed by atoms with van der Waals surface area (Å²) >= 11 is 1.22. The van der Waals surface area contributed by atoms with E-state index in [4.69, 9.17) is 14.7 Å². The topological polar surface area (TPSA) is 101 Å². The fraction of sp³-hybridized carbons (Fsp3) is 0.294. The summed E-state index contributed by atoms with van der Waals surface area (Å²) in [5, 5.41) is 13.5. The minimum atomic E-state index is -0.745. The normalized spacial score (nSPS) is 11.2. The highest BCUT2D eigenvalue weighted by molar-refractivity contribution is 7.13. The second-order valence-corrected chi connectivity index (χ2v) is 5.87. The average Bonchev–Trinajstić information content (AvgIpc) is 3.02. The molecule has 1 aromatic carbocycles. The molecule has 0 radical (unpaired) electrons. The zero-order valence-corrected chi connectivity index (χ0v) is 14.6. The van der Waals surface area contributed by atoms with Gasteiger partial charge in [0.1, 0.15) is 5.75 Å². The Labute approximate surface area is 149 Å². The first-order valence-electron chi connectivity index (χ1n) is 7.59. The van der Waals surface area contributed by atoms with Gasteiger partial charge in [0.25, 0.3) is 5.91 Å². The Morgan fingerprint density at radius 3 is 2.72 bits per heavy atom. The van der Waals surface area contributed by atoms with Gasteiger partial charge in [0.05, 0.1) is 30.4 Å². The lowest BCUT2D eigenvalue weighted by atomic mass is 10.2. The van der Waals surface area contributed by atoms with Crippen molar-refractivity contribution >= 4 is 28.3 Å². The number of carbonyl (C=O) groups is 2. The first-order chi connectivity index (χ1) is 12.0. The van der Waals surface area contributed by atoms with Crippen LogP contribution < -0.4 is 10.1 Å². The summed E-state index contributed by atoms with van der Waals surface area (Å²) in [5.74, 6) is -0.228. The summed E-state index contributed by atoms with van der Waals surface area (Å²) in [6, 6.07) is 8.50. The van der Waals surface area contributed by atoms with Crippen LogP contribution in [0.1, 0.15) is 25.1 Å². The van der Waals surface area contributed by atoms with E-state index in [0.717, 1.165) is 0 Å². The Balaban J connectivity index is 1.89. The third kappa shape index (κ3) is 5.58. The number of anilines is 1. The fourth-order valence-corrected chi connectivity index (χ4v) is 2.59. The van der Waals surface area contributed by atoms with Crippen molar-refractivity contribution in [2.24, 2.45) is 0 Å². The average molecular weight is 359 g/mol. The van der Waals surface area contributed by atoms with E-state index >= 15 is 0 Å². The van der Waals surface area contributed by atoms with Gasteiger partial charge in [0, 0.05) is 5.38 Å². The molecule has 130 valence electrons. The molecule has 2 rings (SSSR count). The highest BCUT2D eigenvalue weighted by atomic mass is 32.1. The van der Waals surface area contributed by atoms with Crippen molar-refractivity contribution in [2.75, 3.05) is 11.9 Å². The maximum atomic E-state index is 12.2. The van der Waals surface area contributed by atoms with Gasteiger partial charge in [-0.25, -0.2) is 4.98 Å². The molecule has 7 nitrogen and oxygen atoms in total. The maximum absolute atomic E-state index is 12.2. The number of nitrogens with one attached hydrogen (secondary N) is 1. The zero-order chi connectivity index (χ0) is 18.2. The number of esters is 1. The molecule has 0 unspecified atom stereocenters. The van der Waals surface area contributed by atoms with Gasteiger partial charge in [-0.3, -0.25) is 14.9 Å². The highest BCUT2D eigenvalue weighted by Gasteiger charge is 2.17. The van der Waals surface area contributed by atoms with Crippen molar-refractivity contribution in [3.05, 3.63) is 40.9 Å². The molecule has 1 amide bonds. The van der Waals surface area contributed by atoms with E-state index in [2.05, 4.69) is 10.3 Å². The molecule has 1 atom stereocenters. The highest BCUT2D eigenvalue weighted by Crippen LogP contribution is 2.18. The molecule has 0 saturated carbocycles. The van der Waals surface area contributed by atoms with E-state index in [9.17, 15) is 9.59 Å². The van der Waals surface area contributed by atoms with E-state index in [1.165, 1.54) is 11.3 Å². The lowest BCUT2D eigenvalue weighted by molar-refractivity contribution is -0.142. The van der Waals surface area contributed by atoms with Crippen LogP contribution in [0.3, 0.4) is 0 Å². The van der Waals surface area contributed by atoms with Crippen LogP contribution in [-0.4, -0.2) is 29.6 Å². The number of aromatic nitrogens is 1. The molecule has 0 bridgehead atoms. The zero-order valence-electron chi connectivity index (χ0n) is 13.8. The predicted octanol–water partition coefficient (Wildman–Crippen LogP) is 2.53. The van der Waals surface area contributed by atoms with Crippen LogP contribution in [0.4, 0.5) is 5.13 Å². The van der Waals surface area contributed by atoms with E-state index in [-0.39, 0.29) is 18.3 Å². The summed E-state index contributed by atoms with van der Waals surface area (Å²) in [4.78, 5) is 27.8. The third-order valence-corrected chi connectivity index (χ3v) is 3.88. The Morgan fingerprint density at radius 2 is 2.08 bits per heavy atom. The van der Waals surface area contributed by atoms with Crippen molar-refractivity contribution in [3.8, 4) is 11.8 Å². The van der Waals surface area contributed by atoms with Crippen molar-refractivity contribution in [1.29, 1.82) is 5.26 Å². The first-order valence-corrected chi connectivity index (χ1v) is 8.47. The summed E-state index contributed by atoms with van der Waals surface area (Å²) in [7, 11) is 0. The summed E-state index contributed by atoms with van der Waals surface area (Å²) in [6.07, 6.45) is -0.678. The van der Waals surface area contributed by atoms with Crippen molar-refractivity contribution in [2.45, 2.75) is 26.4 Å². The Morgan fingerprint density at radius 1 is 1.36 bits per heavy atom. The standard InChI is InChI=1S/C17H17N3O4S/c1-3-23-15(21)8-13-10-25-17(19-13)20-16(22)11(2)24-14-6-4-12(9-18)5-7-14/h4-7,10-11H,3,8H2,1-2H3,(H,19,20,22)/t11-/m0/s1. The van der Waals surface area contributed by atoms with Crippen LogP contribution in [0.25, 0.3) is 0 Å². The summed E-state index contributed by atoms with van der Waals surface area (Å²) in [6.45, 7) is 3.66. The Kier molecular flexibility index (Phi) is 6.48. The minimum Gasteiger partial charge on any atom is -0.481 e. The quantitative estimate of drug-likeness (QED) is 0.762. The van der Waals surface area contributed by atoms with Gasteiger partial charge in [-0.05, 0) is 38.1 Å². The van der Waals surface area contributed by atoms with Gasteiger partial charge in [-0.1, -0.05) is 0 Å². The molecule has 0 aliphatic carbocycles. The summed E-state index contributed by atoms with van der Waals surface area (Å²) in [5.41, 5.74) is 1.06. The number of rotatable bonds is 7. The lowest BCUT2D eigenvalue weighted by Gasteiger charge is -2.13. The van der Waals surface area contributed by atoms with Gasteiger partial charge >= 0.3 is 5.97 Å². The predicted molar refractivity (Wildman–Crippen MR) is 92.3 cm³/mol. The van der Waals surface area contributed by atoms with E-state index < -0.39 is 6.10 Å². The monoisotopic (exact) mass is 359 g/mol. The Hall–Kier alpha value is -2.92. The number of hydrogen-bond donors (Lipinski definition) is 1. The SMILES string of the molecule is CCOC(=O)Cc1csc(NC(=O)[C@H](C)Oc2ccc(C#N)cc2)n1. The largest absolute Gasteiger partial charge is 0.481 e. The molecule has 0 aliphatic rings. The second kappa shape index (κ2) is 8.80. The third-order valence-electron chi connectivity index (χ3n) is 3.08. The van der Waals surface area contributed by atoms with Crippen LogP contribution >= 0.6 is 11.3 Å². The van der Waals surface area contributed by atoms with Crippen molar-refractivity contribution in [3.63, 3.8) is 0 Å². The Bertz CT molecular complexity index is 780. The number of nitriles is 1. The first kappa shape index (κ1) is 18.4. The van der Waals surface area contributed by atoms with Crippen LogP contribution in [0.2, 0.25) is 0 Å². The van der Waals surface area contributed by atoms with Crippen molar-refractivity contribution < 1.29 is 19.1 Å². The van der Waals surface area contributed by atoms with Gasteiger partial charge in [-0.2, -0.15) is 5.26 Å². The van der Waals surface area contributed by atoms with E-state index in [0.29, 0.717) is 28.7 Å². The van der Waals surface area contributed by atoms with Gasteiger partial charge in [-0.15, -0.1) is 11.3 Å². The molecule has 0 fully saturated rings. The van der Waals surface area contributed by atoms with Crippen molar-refractivity contribution in [1.82, 2.24) is 4.98 Å².